The Morgan fingerprint density at radius 3 is 0.922 bits per heavy atom. The van der Waals surface area contributed by atoms with E-state index in [1.807, 2.05) is 18.2 Å². The molecule has 0 amide bonds. The van der Waals surface area contributed by atoms with Gasteiger partial charge >= 0.3 is 7.73 Å². The number of benzene rings is 3. The summed E-state index contributed by atoms with van der Waals surface area (Å²) in [6.45, 7) is 39.4. The third-order valence-corrected chi connectivity index (χ3v) is 9.41. The van der Waals surface area contributed by atoms with E-state index in [9.17, 15) is 5.11 Å². The third kappa shape index (κ3) is 16.1. The summed E-state index contributed by atoms with van der Waals surface area (Å²) >= 11 is 21.3. The molecule has 0 aliphatic carbocycles. The summed E-state index contributed by atoms with van der Waals surface area (Å²) < 4.78 is 12.4. The van der Waals surface area contributed by atoms with Crippen LogP contribution in [0.2, 0.25) is 0 Å². The molecule has 3 aromatic carbocycles. The minimum absolute atomic E-state index is 0.00859. The zero-order chi connectivity index (χ0) is 40.1. The molecule has 0 aliphatic heterocycles. The summed E-state index contributed by atoms with van der Waals surface area (Å²) in [4.78, 5) is 0. The fourth-order valence-electron chi connectivity index (χ4n) is 5.10. The number of hydrogen-bond donors (Lipinski definition) is 1. The molecule has 0 aromatic heterocycles. The van der Waals surface area contributed by atoms with Gasteiger partial charge in [-0.25, -0.2) is 0 Å². The van der Waals surface area contributed by atoms with Crippen LogP contribution in [0.25, 0.3) is 0 Å². The highest BCUT2D eigenvalue weighted by atomic mass is 36.0. The van der Waals surface area contributed by atoms with E-state index in [0.717, 1.165) is 28.2 Å². The van der Waals surface area contributed by atoms with Gasteiger partial charge in [0.15, 0.2) is 5.98 Å². The Balaban J connectivity index is 0.000000565. The van der Waals surface area contributed by atoms with Crippen LogP contribution in [-0.2, 0) is 32.5 Å². The minimum Gasteiger partial charge on any atom is -0.508 e. The molecule has 0 atom stereocenters. The van der Waals surface area contributed by atoms with Gasteiger partial charge < -0.3 is 14.2 Å². The second kappa shape index (κ2) is 18.1. The van der Waals surface area contributed by atoms with E-state index >= 15 is 0 Å². The average Bonchev–Trinajstić information content (AvgIpc) is 2.90. The quantitative estimate of drug-likeness (QED) is 0.267. The summed E-state index contributed by atoms with van der Waals surface area (Å²) in [6.07, 6.45) is 0. The first kappa shape index (κ1) is 48.1. The first-order valence-corrected chi connectivity index (χ1v) is 23.5. The summed E-state index contributed by atoms with van der Waals surface area (Å²) in [6, 6.07) is 18.8. The smallest absolute Gasteiger partial charge is 0.401 e. The van der Waals surface area contributed by atoms with Crippen molar-refractivity contribution in [2.24, 2.45) is 0 Å². The Labute approximate surface area is 333 Å². The molecule has 288 valence electrons. The van der Waals surface area contributed by atoms with Crippen LogP contribution in [0.5, 0.6) is 17.2 Å². The lowest BCUT2D eigenvalue weighted by molar-refractivity contribution is 0.444. The Kier molecular flexibility index (Phi) is 17.1. The summed E-state index contributed by atoms with van der Waals surface area (Å²) in [7, 11) is -1.66. The number of phenolic OH excluding ortho intramolecular Hbond substituents is 1. The molecular formula is C42H64Cl4O3P2. The van der Waals surface area contributed by atoms with E-state index in [1.54, 1.807) is 6.07 Å². The molecule has 3 rings (SSSR count). The van der Waals surface area contributed by atoms with Crippen LogP contribution >= 0.6 is 58.7 Å². The molecule has 0 heterocycles. The number of hydrogen-bond acceptors (Lipinski definition) is 3. The lowest BCUT2D eigenvalue weighted by Gasteiger charge is -2.29. The van der Waals surface area contributed by atoms with E-state index in [2.05, 4.69) is 155 Å². The Bertz CT molecular complexity index is 1480. The third-order valence-electron chi connectivity index (χ3n) is 8.32. The average molecular weight is 821 g/mol. The van der Waals surface area contributed by atoms with Crippen molar-refractivity contribution in [3.05, 3.63) is 88.0 Å². The monoisotopic (exact) mass is 818 g/mol. The molecule has 0 saturated heterocycles. The first-order valence-electron chi connectivity index (χ1n) is 17.4. The highest BCUT2D eigenvalue weighted by Gasteiger charge is 2.28. The Hall–Kier alpha value is -0.920. The van der Waals surface area contributed by atoms with Gasteiger partial charge in [-0.15, -0.1) is 0 Å². The van der Waals surface area contributed by atoms with Crippen molar-refractivity contribution >= 4 is 58.7 Å². The SMILES string of the molecule is CC(C)(C)c1ccc(O)c(C(C)(C)C)c1.CC(C)(C)c1ccc(OP(Cl)Oc2ccc(C(C)(C)C)cc2C(C)(C)C)c(C(C)(C)C)c1.ClP(Cl)Cl. The van der Waals surface area contributed by atoms with Gasteiger partial charge in [0.25, 0.3) is 0 Å². The normalized spacial score (nSPS) is 12.9. The predicted octanol–water partition coefficient (Wildman–Crippen LogP) is 16.7. The highest BCUT2D eigenvalue weighted by molar-refractivity contribution is 8.20. The van der Waals surface area contributed by atoms with Crippen molar-refractivity contribution in [3.8, 4) is 17.2 Å². The van der Waals surface area contributed by atoms with Crippen LogP contribution in [0.15, 0.2) is 54.6 Å². The topological polar surface area (TPSA) is 38.7 Å². The highest BCUT2D eigenvalue weighted by Crippen LogP contribution is 2.52. The maximum atomic E-state index is 9.84. The van der Waals surface area contributed by atoms with Crippen LogP contribution < -0.4 is 9.05 Å². The van der Waals surface area contributed by atoms with Gasteiger partial charge in [0.05, 0.1) is 0 Å². The number of rotatable bonds is 4. The largest absolute Gasteiger partial charge is 0.508 e. The van der Waals surface area contributed by atoms with E-state index in [0.29, 0.717) is 5.75 Å². The second-order valence-electron chi connectivity index (χ2n) is 19.2. The molecule has 0 spiro atoms. The fraction of sp³-hybridized carbons (Fsp3) is 0.571. The van der Waals surface area contributed by atoms with E-state index in [1.165, 1.54) is 16.7 Å². The van der Waals surface area contributed by atoms with E-state index in [4.69, 9.17) is 54.0 Å². The molecule has 0 radical (unpaired) electrons. The Morgan fingerprint density at radius 2 is 0.667 bits per heavy atom. The van der Waals surface area contributed by atoms with Crippen molar-refractivity contribution in [2.45, 2.75) is 157 Å². The van der Waals surface area contributed by atoms with Gasteiger partial charge in [-0.3, -0.25) is 0 Å². The van der Waals surface area contributed by atoms with Crippen molar-refractivity contribution in [1.29, 1.82) is 0 Å². The fourth-order valence-corrected chi connectivity index (χ4v) is 6.21. The molecule has 3 nitrogen and oxygen atoms in total. The second-order valence-corrected chi connectivity index (χ2v) is 25.8. The molecule has 0 saturated carbocycles. The molecule has 0 bridgehead atoms. The van der Waals surface area contributed by atoms with Crippen molar-refractivity contribution in [3.63, 3.8) is 0 Å². The lowest BCUT2D eigenvalue weighted by Crippen LogP contribution is -2.18. The molecule has 51 heavy (non-hydrogen) atoms. The van der Waals surface area contributed by atoms with Crippen molar-refractivity contribution < 1.29 is 14.2 Å². The molecule has 0 aliphatic rings. The number of aromatic hydroxyl groups is 1. The Morgan fingerprint density at radius 1 is 0.412 bits per heavy atom. The number of phenols is 1. The summed E-state index contributed by atoms with van der Waals surface area (Å²) in [5.74, 6) is 0.769. The molecule has 9 heteroatoms. The number of halogens is 4. The predicted molar refractivity (Wildman–Crippen MR) is 232 cm³/mol. The van der Waals surface area contributed by atoms with E-state index < -0.39 is 13.7 Å². The van der Waals surface area contributed by atoms with Gasteiger partial charge in [0.1, 0.15) is 17.2 Å². The van der Waals surface area contributed by atoms with Crippen LogP contribution in [0.4, 0.5) is 0 Å². The van der Waals surface area contributed by atoms with Gasteiger partial charge in [-0.2, -0.15) is 0 Å². The standard InChI is InChI=1S/C28H42ClO2P.C14H22O.Cl3P/c1-25(2,3)19-13-15-23(21(17-19)27(7,8)9)30-32(29)31-24-16-14-20(26(4,5)6)18-22(24)28(10,11)12;1-13(2,3)10-7-8-12(15)11(9-10)14(4,5)6;1-4(2)3/h13-18H,1-12H3;7-9,15H,1-6H3;. The first-order chi connectivity index (χ1) is 22.7. The van der Waals surface area contributed by atoms with Gasteiger partial charge in [0, 0.05) is 11.1 Å². The van der Waals surface area contributed by atoms with Crippen molar-refractivity contribution in [1.82, 2.24) is 0 Å². The molecule has 0 fully saturated rings. The van der Waals surface area contributed by atoms with Crippen LogP contribution in [0.1, 0.15) is 158 Å². The summed E-state index contributed by atoms with van der Waals surface area (Å²) in [5, 5.41) is 9.84. The molecule has 1 N–H and O–H groups in total. The van der Waals surface area contributed by atoms with Gasteiger partial charge in [-0.05, 0) is 84.2 Å². The van der Waals surface area contributed by atoms with Crippen LogP contribution in [0.3, 0.4) is 0 Å². The van der Waals surface area contributed by atoms with Crippen LogP contribution in [-0.4, -0.2) is 5.11 Å². The maximum Gasteiger partial charge on any atom is 0.401 e. The molecular weight excluding hydrogens is 756 g/mol. The van der Waals surface area contributed by atoms with Crippen LogP contribution in [0, 0.1) is 0 Å². The summed E-state index contributed by atoms with van der Waals surface area (Å²) in [5.41, 5.74) is 7.24. The van der Waals surface area contributed by atoms with Gasteiger partial charge in [0.2, 0.25) is 0 Å². The lowest BCUT2D eigenvalue weighted by atomic mass is 9.80. The molecule has 0 unspecified atom stereocenters. The minimum atomic E-state index is -1.66. The zero-order valence-corrected chi connectivity index (χ0v) is 39.2. The molecule has 3 aromatic rings. The maximum absolute atomic E-state index is 9.84. The van der Waals surface area contributed by atoms with E-state index in [-0.39, 0.29) is 32.5 Å². The van der Waals surface area contributed by atoms with Gasteiger partial charge in [-0.1, -0.05) is 195 Å². The zero-order valence-electron chi connectivity index (χ0n) is 34.4. The van der Waals surface area contributed by atoms with Crippen molar-refractivity contribution in [2.75, 3.05) is 0 Å².